The topological polar surface area (TPSA) is 85.5 Å². The Morgan fingerprint density at radius 2 is 1.76 bits per heavy atom. The molecule has 1 heterocycles. The fourth-order valence-electron chi connectivity index (χ4n) is 10.4. The van der Waals surface area contributed by atoms with Crippen molar-refractivity contribution in [1.29, 1.82) is 0 Å². The lowest BCUT2D eigenvalue weighted by Crippen LogP contribution is -2.58. The summed E-state index contributed by atoms with van der Waals surface area (Å²) < 4.78 is 11.8. The largest absolute Gasteiger partial charge is 0.462 e. The van der Waals surface area contributed by atoms with E-state index in [2.05, 4.69) is 18.8 Å². The molecule has 1 N–H and O–H groups in total. The first-order chi connectivity index (χ1) is 21.1. The maximum atomic E-state index is 12.8. The van der Waals surface area contributed by atoms with Crippen LogP contribution in [0.2, 0.25) is 0 Å². The first-order valence-electron chi connectivity index (χ1n) is 17.3. The minimum Gasteiger partial charge on any atom is -0.462 e. The molecule has 0 saturated heterocycles. The van der Waals surface area contributed by atoms with Gasteiger partial charge in [-0.3, -0.25) is 9.59 Å². The second-order valence-corrected chi connectivity index (χ2v) is 14.4. The number of fused-ring (bicyclic) bond motifs is 6. The number of rotatable bonds is 8. The Bertz CT molecular complexity index is 1350. The average molecular weight is 618 g/mol. The molecule has 6 rings (SSSR count). The van der Waals surface area contributed by atoms with Gasteiger partial charge in [0.1, 0.15) is 18.4 Å². The Labute approximate surface area is 272 Å². The average Bonchev–Trinajstić information content (AvgIpc) is 3.59. The monoisotopic (exact) mass is 617 g/mol. The van der Waals surface area contributed by atoms with Gasteiger partial charge in [0.05, 0.1) is 0 Å². The molecule has 0 aliphatic heterocycles. The number of ether oxygens (including phenoxy) is 2. The van der Waals surface area contributed by atoms with Crippen LogP contribution in [0.15, 0.2) is 24.4 Å². The second kappa shape index (κ2) is 14.5. The van der Waals surface area contributed by atoms with Gasteiger partial charge in [0.2, 0.25) is 0 Å². The molecule has 4 aliphatic carbocycles. The summed E-state index contributed by atoms with van der Waals surface area (Å²) in [6.07, 6.45) is 15.1. The predicted octanol–water partition coefficient (Wildman–Crippen LogP) is 8.94. The molecule has 0 amide bonds. The van der Waals surface area contributed by atoms with Crippen molar-refractivity contribution in [1.82, 2.24) is 4.98 Å². The molecule has 4 saturated carbocycles. The SMILES string of the molecule is C.CC.[B]C(=O)c1c[nH]c2cccc(COC(=O)CCCC3CCC4C5C(OC(C)=O)CC6CCCCC6(C)C5CCC34C)c12. The molecule has 0 bridgehead atoms. The number of nitrogens with one attached hydrogen (secondary N) is 1. The van der Waals surface area contributed by atoms with Crippen LogP contribution in [0, 0.1) is 40.4 Å². The van der Waals surface area contributed by atoms with Crippen molar-refractivity contribution in [2.45, 2.75) is 132 Å². The van der Waals surface area contributed by atoms with E-state index >= 15 is 0 Å². The minimum absolute atomic E-state index is 0. The predicted molar refractivity (Wildman–Crippen MR) is 181 cm³/mol. The van der Waals surface area contributed by atoms with Crippen LogP contribution in [-0.4, -0.2) is 36.6 Å². The molecule has 2 radical (unpaired) electrons. The van der Waals surface area contributed by atoms with Gasteiger partial charge in [0, 0.05) is 41.9 Å². The summed E-state index contributed by atoms with van der Waals surface area (Å²) in [5.74, 6) is 2.62. The summed E-state index contributed by atoms with van der Waals surface area (Å²) in [7, 11) is 5.54. The third-order valence-corrected chi connectivity index (χ3v) is 12.5. The van der Waals surface area contributed by atoms with Gasteiger partial charge in [-0.15, -0.1) is 0 Å². The zero-order valence-electron chi connectivity index (χ0n) is 27.6. The van der Waals surface area contributed by atoms with Gasteiger partial charge in [-0.1, -0.05) is 60.1 Å². The van der Waals surface area contributed by atoms with Crippen molar-refractivity contribution in [2.75, 3.05) is 0 Å². The van der Waals surface area contributed by atoms with Crippen molar-refractivity contribution < 1.29 is 23.9 Å². The van der Waals surface area contributed by atoms with E-state index in [1.807, 2.05) is 32.0 Å². The molecule has 6 nitrogen and oxygen atoms in total. The first kappa shape index (κ1) is 35.3. The highest BCUT2D eigenvalue weighted by molar-refractivity contribution is 6.63. The molecule has 246 valence electrons. The molecular formula is C38H56BNO5. The van der Waals surface area contributed by atoms with E-state index in [0.717, 1.165) is 35.7 Å². The van der Waals surface area contributed by atoms with Crippen LogP contribution in [0.25, 0.3) is 10.9 Å². The highest BCUT2D eigenvalue weighted by atomic mass is 16.5. The van der Waals surface area contributed by atoms with Crippen molar-refractivity contribution in [3.8, 4) is 0 Å². The number of hydrogen-bond acceptors (Lipinski definition) is 5. The van der Waals surface area contributed by atoms with Crippen LogP contribution in [-0.2, 0) is 25.7 Å². The molecule has 8 unspecified atom stereocenters. The maximum absolute atomic E-state index is 12.8. The lowest BCUT2D eigenvalue weighted by atomic mass is 9.44. The Kier molecular flexibility index (Phi) is 11.3. The molecule has 0 spiro atoms. The summed E-state index contributed by atoms with van der Waals surface area (Å²) in [4.78, 5) is 39.9. The van der Waals surface area contributed by atoms with E-state index in [1.54, 1.807) is 13.1 Å². The zero-order valence-corrected chi connectivity index (χ0v) is 27.6. The van der Waals surface area contributed by atoms with Crippen LogP contribution in [0.4, 0.5) is 0 Å². The number of aromatic amines is 1. The Morgan fingerprint density at radius 1 is 1.00 bits per heavy atom. The maximum Gasteiger partial charge on any atom is 0.306 e. The van der Waals surface area contributed by atoms with Crippen molar-refractivity contribution in [3.05, 3.63) is 35.5 Å². The second-order valence-electron chi connectivity index (χ2n) is 14.4. The molecule has 45 heavy (non-hydrogen) atoms. The third kappa shape index (κ3) is 6.65. The van der Waals surface area contributed by atoms with Crippen molar-refractivity contribution in [2.24, 2.45) is 40.4 Å². The van der Waals surface area contributed by atoms with Crippen LogP contribution in [0.1, 0.15) is 135 Å². The van der Waals surface area contributed by atoms with Crippen LogP contribution in [0.3, 0.4) is 0 Å². The highest BCUT2D eigenvalue weighted by Gasteiger charge is 2.62. The summed E-state index contributed by atoms with van der Waals surface area (Å²) in [5, 5.41) is 0.724. The van der Waals surface area contributed by atoms with Crippen LogP contribution >= 0.6 is 0 Å². The normalized spacial score (nSPS) is 33.4. The third-order valence-electron chi connectivity index (χ3n) is 12.5. The molecular weight excluding hydrogens is 561 g/mol. The van der Waals surface area contributed by atoms with E-state index in [9.17, 15) is 14.4 Å². The van der Waals surface area contributed by atoms with E-state index in [-0.39, 0.29) is 37.5 Å². The smallest absolute Gasteiger partial charge is 0.306 e. The zero-order chi connectivity index (χ0) is 31.6. The van der Waals surface area contributed by atoms with Gasteiger partial charge in [0.15, 0.2) is 7.85 Å². The highest BCUT2D eigenvalue weighted by Crippen LogP contribution is 2.68. The Hall–Kier alpha value is -2.57. The van der Waals surface area contributed by atoms with E-state index in [4.69, 9.17) is 17.3 Å². The summed E-state index contributed by atoms with van der Waals surface area (Å²) in [6, 6.07) is 5.63. The van der Waals surface area contributed by atoms with Gasteiger partial charge < -0.3 is 19.3 Å². The number of carbonyl (C=O) groups excluding carboxylic acids is 3. The fraction of sp³-hybridized carbons (Fsp3) is 0.711. The van der Waals surface area contributed by atoms with E-state index < -0.39 is 5.68 Å². The molecule has 4 aliphatic rings. The molecule has 1 aromatic carbocycles. The van der Waals surface area contributed by atoms with Gasteiger partial charge in [-0.2, -0.15) is 0 Å². The first-order valence-corrected chi connectivity index (χ1v) is 17.3. The number of H-pyrrole nitrogens is 1. The van der Waals surface area contributed by atoms with E-state index in [1.165, 1.54) is 51.4 Å². The van der Waals surface area contributed by atoms with Gasteiger partial charge in [0.25, 0.3) is 0 Å². The Morgan fingerprint density at radius 3 is 2.49 bits per heavy atom. The van der Waals surface area contributed by atoms with Gasteiger partial charge >= 0.3 is 11.9 Å². The quantitative estimate of drug-likeness (QED) is 0.236. The molecule has 2 aromatic rings. The lowest BCUT2D eigenvalue weighted by molar-refractivity contribution is -0.188. The van der Waals surface area contributed by atoms with Crippen LogP contribution in [0.5, 0.6) is 0 Å². The number of hydrogen-bond donors (Lipinski definition) is 1. The Balaban J connectivity index is 0.00000151. The summed E-state index contributed by atoms with van der Waals surface area (Å²) >= 11 is 0. The molecule has 4 fully saturated rings. The number of esters is 2. The fourth-order valence-corrected chi connectivity index (χ4v) is 10.4. The summed E-state index contributed by atoms with van der Waals surface area (Å²) in [6.45, 7) is 10.8. The summed E-state index contributed by atoms with van der Waals surface area (Å²) in [5.41, 5.74) is 2.11. The minimum atomic E-state index is -0.502. The van der Waals surface area contributed by atoms with Gasteiger partial charge in [-0.05, 0) is 104 Å². The number of carbonyl (C=O) groups is 3. The number of benzene rings is 1. The standard InChI is InChI=1S/C35H46BNO5.C2H6.CH4/c1-21(38)42-29-18-24-9-4-5-16-34(24,2)27-15-17-35(3)23(13-14-26(35)32(27)29)10-7-12-30(39)41-20-22-8-6-11-28-31(22)25(19-37-28)33(36)40;1-2;/h6,8,11,19,23-24,26-27,29,32,37H,4-5,7,9-10,12-18,20H2,1-3H3;1-2H3;1H4. The van der Waals surface area contributed by atoms with Crippen molar-refractivity contribution in [3.63, 3.8) is 0 Å². The molecule has 8 atom stereocenters. The lowest BCUT2D eigenvalue weighted by Gasteiger charge is -2.62. The molecule has 1 aromatic heterocycles. The van der Waals surface area contributed by atoms with Crippen molar-refractivity contribution >= 4 is 36.4 Å². The molecule has 7 heteroatoms. The van der Waals surface area contributed by atoms with Crippen LogP contribution < -0.4 is 0 Å². The van der Waals surface area contributed by atoms with E-state index in [0.29, 0.717) is 47.0 Å². The van der Waals surface area contributed by atoms with Gasteiger partial charge in [-0.25, -0.2) is 0 Å². The number of aromatic nitrogens is 1.